The Labute approximate surface area is 150 Å². The maximum atomic E-state index is 11.2. The maximum Gasteiger partial charge on any atom is 0.363 e. The molecule has 0 amide bonds. The number of aromatic nitrogens is 3. The zero-order valence-corrected chi connectivity index (χ0v) is 14.3. The molecule has 1 heterocycles. The highest BCUT2D eigenvalue weighted by Gasteiger charge is 2.00. The highest BCUT2D eigenvalue weighted by atomic mass is 16.5. The second kappa shape index (κ2) is 8.57. The number of hydrogen-bond donors (Lipinski definition) is 2. The summed E-state index contributed by atoms with van der Waals surface area (Å²) in [6, 6.07) is 17.8. The van der Waals surface area contributed by atoms with Crippen molar-refractivity contribution in [3.05, 3.63) is 81.9 Å². The van der Waals surface area contributed by atoms with Crippen LogP contribution in [0.1, 0.15) is 16.8 Å². The Bertz CT molecular complexity index is 938. The van der Waals surface area contributed by atoms with Gasteiger partial charge in [0.05, 0.1) is 12.8 Å². The van der Waals surface area contributed by atoms with Gasteiger partial charge in [0.25, 0.3) is 0 Å². The second-order valence-electron chi connectivity index (χ2n) is 5.60. The third-order valence-corrected chi connectivity index (χ3v) is 3.62. The zero-order chi connectivity index (χ0) is 18.2. The van der Waals surface area contributed by atoms with E-state index in [-0.39, 0.29) is 0 Å². The Hall–Kier alpha value is -3.48. The molecule has 132 valence electrons. The molecule has 0 aliphatic carbocycles. The lowest BCUT2D eigenvalue weighted by Crippen LogP contribution is -2.15. The predicted molar refractivity (Wildman–Crippen MR) is 101 cm³/mol. The number of rotatable bonds is 7. The lowest BCUT2D eigenvalue weighted by Gasteiger charge is -2.07. The number of ether oxygens (including phenoxy) is 1. The first kappa shape index (κ1) is 17.3. The molecule has 0 saturated heterocycles. The van der Waals surface area contributed by atoms with Crippen molar-refractivity contribution >= 4 is 12.0 Å². The van der Waals surface area contributed by atoms with Crippen molar-refractivity contribution in [2.75, 3.05) is 12.0 Å². The Morgan fingerprint density at radius 1 is 1.19 bits per heavy atom. The highest BCUT2D eigenvalue weighted by Crippen LogP contribution is 2.13. The molecule has 7 heteroatoms. The van der Waals surface area contributed by atoms with Crippen molar-refractivity contribution in [3.8, 4) is 5.75 Å². The molecule has 1 aromatic heterocycles. The van der Waals surface area contributed by atoms with Crippen LogP contribution in [-0.4, -0.2) is 28.0 Å². The van der Waals surface area contributed by atoms with Crippen LogP contribution in [0.2, 0.25) is 0 Å². The molecule has 0 atom stereocenters. The summed E-state index contributed by atoms with van der Waals surface area (Å²) >= 11 is 0. The molecule has 7 nitrogen and oxygen atoms in total. The Morgan fingerprint density at radius 3 is 2.88 bits per heavy atom. The summed E-state index contributed by atoms with van der Waals surface area (Å²) in [5.74, 6) is 1.09. The fourth-order valence-corrected chi connectivity index (χ4v) is 2.28. The summed E-state index contributed by atoms with van der Waals surface area (Å²) in [5, 5.41) is 10.2. The number of anilines is 1. The van der Waals surface area contributed by atoms with E-state index in [1.54, 1.807) is 13.1 Å². The fraction of sp³-hybridized carbons (Fsp3) is 0.158. The van der Waals surface area contributed by atoms with Gasteiger partial charge in [0, 0.05) is 6.42 Å². The molecule has 0 radical (unpaired) electrons. The van der Waals surface area contributed by atoms with Gasteiger partial charge in [-0.3, -0.25) is 5.43 Å². The summed E-state index contributed by atoms with van der Waals surface area (Å²) in [7, 11) is 0. The minimum absolute atomic E-state index is 0.320. The Kier molecular flexibility index (Phi) is 5.72. The third kappa shape index (κ3) is 5.01. The van der Waals surface area contributed by atoms with Gasteiger partial charge in [-0.05, 0) is 30.2 Å². The molecule has 0 saturated carbocycles. The summed E-state index contributed by atoms with van der Waals surface area (Å²) in [4.78, 5) is 15.0. The number of aryl methyl sites for hydroxylation is 1. The second-order valence-corrected chi connectivity index (χ2v) is 5.60. The smallest absolute Gasteiger partial charge is 0.363 e. The summed E-state index contributed by atoms with van der Waals surface area (Å²) in [5.41, 5.74) is 4.86. The van der Waals surface area contributed by atoms with Gasteiger partial charge in [-0.25, -0.2) is 9.89 Å². The van der Waals surface area contributed by atoms with E-state index in [4.69, 9.17) is 4.74 Å². The van der Waals surface area contributed by atoms with E-state index in [1.807, 2.05) is 42.5 Å². The molecule has 3 aromatic rings. The van der Waals surface area contributed by atoms with Crippen LogP contribution < -0.4 is 15.9 Å². The number of benzene rings is 2. The lowest BCUT2D eigenvalue weighted by atomic mass is 10.2. The van der Waals surface area contributed by atoms with E-state index in [0.717, 1.165) is 17.7 Å². The van der Waals surface area contributed by atoms with Crippen LogP contribution in [0, 0.1) is 6.92 Å². The van der Waals surface area contributed by atoms with Gasteiger partial charge < -0.3 is 4.74 Å². The fourth-order valence-electron chi connectivity index (χ4n) is 2.28. The molecule has 2 aromatic carbocycles. The maximum absolute atomic E-state index is 11.2. The zero-order valence-electron chi connectivity index (χ0n) is 14.3. The molecule has 0 spiro atoms. The average Bonchev–Trinajstić information content (AvgIpc) is 2.66. The Balaban J connectivity index is 1.56. The number of aromatic amines is 1. The van der Waals surface area contributed by atoms with E-state index in [2.05, 4.69) is 37.8 Å². The van der Waals surface area contributed by atoms with Gasteiger partial charge in [0.15, 0.2) is 5.82 Å². The number of H-pyrrole nitrogens is 1. The molecular weight excluding hydrogens is 330 g/mol. The SMILES string of the molecule is Cc1n[nH]c(=O)nc1N/N=C/c1cccc(OCCc2ccccc2)c1. The van der Waals surface area contributed by atoms with Crippen LogP contribution in [0.15, 0.2) is 64.5 Å². The van der Waals surface area contributed by atoms with Crippen molar-refractivity contribution in [2.45, 2.75) is 13.3 Å². The molecular formula is C19H19N5O2. The van der Waals surface area contributed by atoms with Crippen LogP contribution in [0.5, 0.6) is 5.75 Å². The Morgan fingerprint density at radius 2 is 2.04 bits per heavy atom. The van der Waals surface area contributed by atoms with Crippen molar-refractivity contribution in [1.29, 1.82) is 0 Å². The van der Waals surface area contributed by atoms with Gasteiger partial charge in [-0.15, -0.1) is 0 Å². The molecule has 0 aliphatic heterocycles. The minimum Gasteiger partial charge on any atom is -0.493 e. The molecule has 26 heavy (non-hydrogen) atoms. The average molecular weight is 349 g/mol. The highest BCUT2D eigenvalue weighted by molar-refractivity contribution is 5.80. The molecule has 0 aliphatic rings. The predicted octanol–water partition coefficient (Wildman–Crippen LogP) is 2.54. The number of hydrogen-bond acceptors (Lipinski definition) is 6. The van der Waals surface area contributed by atoms with E-state index < -0.39 is 5.69 Å². The number of nitrogens with zero attached hydrogens (tertiary/aromatic N) is 3. The van der Waals surface area contributed by atoms with E-state index in [9.17, 15) is 4.79 Å². The van der Waals surface area contributed by atoms with Crippen molar-refractivity contribution in [2.24, 2.45) is 5.10 Å². The van der Waals surface area contributed by atoms with Gasteiger partial charge in [-0.2, -0.15) is 15.2 Å². The monoisotopic (exact) mass is 349 g/mol. The molecule has 2 N–H and O–H groups in total. The van der Waals surface area contributed by atoms with Crippen LogP contribution in [0.3, 0.4) is 0 Å². The largest absolute Gasteiger partial charge is 0.493 e. The van der Waals surface area contributed by atoms with Gasteiger partial charge in [-0.1, -0.05) is 42.5 Å². The molecule has 0 bridgehead atoms. The van der Waals surface area contributed by atoms with Crippen LogP contribution >= 0.6 is 0 Å². The quantitative estimate of drug-likeness (QED) is 0.505. The third-order valence-electron chi connectivity index (χ3n) is 3.62. The summed E-state index contributed by atoms with van der Waals surface area (Å²) in [6.07, 6.45) is 2.48. The van der Waals surface area contributed by atoms with Gasteiger partial charge >= 0.3 is 5.69 Å². The van der Waals surface area contributed by atoms with E-state index >= 15 is 0 Å². The van der Waals surface area contributed by atoms with Crippen molar-refractivity contribution in [3.63, 3.8) is 0 Å². The minimum atomic E-state index is -0.526. The van der Waals surface area contributed by atoms with Gasteiger partial charge in [0.1, 0.15) is 11.4 Å². The lowest BCUT2D eigenvalue weighted by molar-refractivity contribution is 0.322. The van der Waals surface area contributed by atoms with Crippen LogP contribution in [0.4, 0.5) is 5.82 Å². The topological polar surface area (TPSA) is 92.3 Å². The van der Waals surface area contributed by atoms with Gasteiger partial charge in [0.2, 0.25) is 0 Å². The summed E-state index contributed by atoms with van der Waals surface area (Å²) in [6.45, 7) is 2.33. The van der Waals surface area contributed by atoms with E-state index in [0.29, 0.717) is 18.1 Å². The normalized spacial score (nSPS) is 10.8. The van der Waals surface area contributed by atoms with Crippen LogP contribution in [0.25, 0.3) is 0 Å². The standard InChI is InChI=1S/C19H19N5O2/c1-14-18(21-19(25)24-22-14)23-20-13-16-8-5-9-17(12-16)26-11-10-15-6-3-2-4-7-15/h2-9,12-13H,10-11H2,1H3,(H2,21,23,24,25)/b20-13+. The first-order valence-electron chi connectivity index (χ1n) is 8.20. The first-order valence-corrected chi connectivity index (χ1v) is 8.20. The number of nitrogens with one attached hydrogen (secondary N) is 2. The molecule has 3 rings (SSSR count). The molecule has 0 fully saturated rings. The van der Waals surface area contributed by atoms with Crippen molar-refractivity contribution < 1.29 is 4.74 Å². The molecule has 0 unspecified atom stereocenters. The first-order chi connectivity index (χ1) is 12.7. The van der Waals surface area contributed by atoms with E-state index in [1.165, 1.54) is 5.56 Å². The van der Waals surface area contributed by atoms with Crippen LogP contribution in [-0.2, 0) is 6.42 Å². The van der Waals surface area contributed by atoms with Crippen molar-refractivity contribution in [1.82, 2.24) is 15.2 Å². The summed E-state index contributed by atoms with van der Waals surface area (Å²) < 4.78 is 5.80. The number of hydrazone groups is 1.